The number of hydrogen-bond acceptors (Lipinski definition) is 5. The van der Waals surface area contributed by atoms with Crippen LogP contribution in [0.1, 0.15) is 0 Å². The number of hydrogen-bond donors (Lipinski definition) is 1. The van der Waals surface area contributed by atoms with Gasteiger partial charge >= 0.3 is 0 Å². The van der Waals surface area contributed by atoms with Crippen LogP contribution in [0, 0.1) is 0 Å². The van der Waals surface area contributed by atoms with Crippen molar-refractivity contribution in [2.75, 3.05) is 51.3 Å². The first kappa shape index (κ1) is 19.0. The van der Waals surface area contributed by atoms with Gasteiger partial charge in [0.1, 0.15) is 24.2 Å². The zero-order valence-electron chi connectivity index (χ0n) is 15.0. The highest BCUT2D eigenvalue weighted by molar-refractivity contribution is 9.10. The third-order valence-electron chi connectivity index (χ3n) is 4.51. The van der Waals surface area contributed by atoms with Crippen LogP contribution in [0.5, 0.6) is 11.5 Å². The van der Waals surface area contributed by atoms with Gasteiger partial charge in [0.05, 0.1) is 12.8 Å². The molecule has 26 heavy (non-hydrogen) atoms. The number of piperazine rings is 1. The van der Waals surface area contributed by atoms with Crippen molar-refractivity contribution in [2.45, 2.75) is 6.10 Å². The number of rotatable bonds is 7. The largest absolute Gasteiger partial charge is 0.495 e. The Morgan fingerprint density at radius 3 is 2.58 bits per heavy atom. The van der Waals surface area contributed by atoms with Crippen LogP contribution in [0.4, 0.5) is 5.69 Å². The maximum absolute atomic E-state index is 10.3. The molecule has 6 heteroatoms. The fraction of sp³-hybridized carbons (Fsp3) is 0.400. The topological polar surface area (TPSA) is 45.2 Å². The quantitative estimate of drug-likeness (QED) is 0.745. The lowest BCUT2D eigenvalue weighted by Crippen LogP contribution is -2.49. The molecule has 5 nitrogen and oxygen atoms in total. The number of anilines is 1. The van der Waals surface area contributed by atoms with E-state index in [0.29, 0.717) is 13.2 Å². The second-order valence-corrected chi connectivity index (χ2v) is 7.30. The molecule has 0 aliphatic carbocycles. The van der Waals surface area contributed by atoms with Crippen LogP contribution in [0.2, 0.25) is 0 Å². The lowest BCUT2D eigenvalue weighted by atomic mass is 10.2. The van der Waals surface area contributed by atoms with Crippen LogP contribution in [-0.2, 0) is 0 Å². The maximum Gasteiger partial charge on any atom is 0.142 e. The predicted molar refractivity (Wildman–Crippen MR) is 107 cm³/mol. The molecule has 1 N–H and O–H groups in total. The van der Waals surface area contributed by atoms with Crippen molar-refractivity contribution in [3.63, 3.8) is 0 Å². The van der Waals surface area contributed by atoms with Gasteiger partial charge in [0, 0.05) is 37.2 Å². The van der Waals surface area contributed by atoms with Gasteiger partial charge in [0.15, 0.2) is 0 Å². The number of β-amino-alcohol motifs (C(OH)–C–C–N with tert-alkyl or cyclic N) is 1. The summed E-state index contributed by atoms with van der Waals surface area (Å²) >= 11 is 3.42. The Bertz CT molecular complexity index is 705. The minimum atomic E-state index is -0.508. The molecule has 0 amide bonds. The molecular formula is C20H25BrN2O3. The van der Waals surface area contributed by atoms with E-state index in [1.54, 1.807) is 7.11 Å². The molecule has 3 rings (SSSR count). The van der Waals surface area contributed by atoms with Crippen LogP contribution < -0.4 is 14.4 Å². The molecule has 2 aromatic rings. The molecule has 140 valence electrons. The molecule has 1 heterocycles. The van der Waals surface area contributed by atoms with Crippen molar-refractivity contribution in [2.24, 2.45) is 0 Å². The Hall–Kier alpha value is -1.76. The minimum Gasteiger partial charge on any atom is -0.495 e. The van der Waals surface area contributed by atoms with E-state index in [4.69, 9.17) is 9.47 Å². The number of halogens is 1. The van der Waals surface area contributed by atoms with Crippen molar-refractivity contribution < 1.29 is 14.6 Å². The number of benzene rings is 2. The summed E-state index contributed by atoms with van der Waals surface area (Å²) in [4.78, 5) is 4.61. The average molecular weight is 421 g/mol. The van der Waals surface area contributed by atoms with Crippen molar-refractivity contribution >= 4 is 21.6 Å². The second kappa shape index (κ2) is 9.26. The lowest BCUT2D eigenvalue weighted by Gasteiger charge is -2.37. The SMILES string of the molecule is COc1ccccc1N1CCN(CC(O)COc2cccc(Br)c2)CC1. The molecule has 1 atom stereocenters. The first-order valence-corrected chi connectivity index (χ1v) is 9.62. The summed E-state index contributed by atoms with van der Waals surface area (Å²) in [5.41, 5.74) is 1.13. The lowest BCUT2D eigenvalue weighted by molar-refractivity contribution is 0.0662. The minimum absolute atomic E-state index is 0.295. The average Bonchev–Trinajstić information content (AvgIpc) is 2.67. The summed E-state index contributed by atoms with van der Waals surface area (Å²) in [5, 5.41) is 10.3. The Balaban J connectivity index is 1.45. The van der Waals surface area contributed by atoms with E-state index in [0.717, 1.165) is 47.8 Å². The van der Waals surface area contributed by atoms with Crippen molar-refractivity contribution in [1.82, 2.24) is 4.90 Å². The third kappa shape index (κ3) is 5.13. The van der Waals surface area contributed by atoms with Crippen LogP contribution in [0.25, 0.3) is 0 Å². The first-order chi connectivity index (χ1) is 12.7. The monoisotopic (exact) mass is 420 g/mol. The third-order valence-corrected chi connectivity index (χ3v) is 5.00. The van der Waals surface area contributed by atoms with Gasteiger partial charge in [-0.1, -0.05) is 34.1 Å². The summed E-state index contributed by atoms with van der Waals surface area (Å²) < 4.78 is 12.1. The molecule has 1 unspecified atom stereocenters. The van der Waals surface area contributed by atoms with E-state index < -0.39 is 6.10 Å². The summed E-state index contributed by atoms with van der Waals surface area (Å²) in [6, 6.07) is 15.8. The fourth-order valence-corrected chi connectivity index (χ4v) is 3.54. The first-order valence-electron chi connectivity index (χ1n) is 8.82. The van der Waals surface area contributed by atoms with Crippen LogP contribution in [0.15, 0.2) is 53.0 Å². The normalized spacial score (nSPS) is 16.3. The van der Waals surface area contributed by atoms with Crippen molar-refractivity contribution in [1.29, 1.82) is 0 Å². The molecule has 0 radical (unpaired) electrons. The van der Waals surface area contributed by atoms with E-state index in [9.17, 15) is 5.11 Å². The molecule has 0 aromatic heterocycles. The highest BCUT2D eigenvalue weighted by atomic mass is 79.9. The number of aliphatic hydroxyl groups is 1. The van der Waals surface area contributed by atoms with Crippen LogP contribution in [-0.4, -0.2) is 62.6 Å². The van der Waals surface area contributed by atoms with Gasteiger partial charge in [-0.3, -0.25) is 4.90 Å². The Labute approximate surface area is 163 Å². The smallest absolute Gasteiger partial charge is 0.142 e. The van der Waals surface area contributed by atoms with Gasteiger partial charge in [-0.2, -0.15) is 0 Å². The molecule has 0 spiro atoms. The molecule has 0 saturated carbocycles. The van der Waals surface area contributed by atoms with Crippen molar-refractivity contribution in [3.05, 3.63) is 53.0 Å². The summed E-state index contributed by atoms with van der Waals surface area (Å²) in [6.07, 6.45) is -0.508. The van der Waals surface area contributed by atoms with E-state index in [1.165, 1.54) is 0 Å². The van der Waals surface area contributed by atoms with E-state index in [1.807, 2.05) is 42.5 Å². The fourth-order valence-electron chi connectivity index (χ4n) is 3.16. The van der Waals surface area contributed by atoms with E-state index in [-0.39, 0.29) is 0 Å². The summed E-state index contributed by atoms with van der Waals surface area (Å²) in [7, 11) is 1.71. The predicted octanol–water partition coefficient (Wildman–Crippen LogP) is 3.02. The number of methoxy groups -OCH3 is 1. The zero-order chi connectivity index (χ0) is 18.4. The van der Waals surface area contributed by atoms with Crippen LogP contribution in [0.3, 0.4) is 0 Å². The Kier molecular flexibility index (Phi) is 6.77. The van der Waals surface area contributed by atoms with Crippen molar-refractivity contribution in [3.8, 4) is 11.5 Å². The summed E-state index contributed by atoms with van der Waals surface area (Å²) in [6.45, 7) is 4.56. The number of para-hydroxylation sites is 2. The van der Waals surface area contributed by atoms with Gasteiger partial charge in [-0.15, -0.1) is 0 Å². The number of nitrogens with zero attached hydrogens (tertiary/aromatic N) is 2. The molecule has 1 aliphatic heterocycles. The molecule has 1 saturated heterocycles. The Morgan fingerprint density at radius 1 is 1.08 bits per heavy atom. The highest BCUT2D eigenvalue weighted by Crippen LogP contribution is 2.28. The summed E-state index contributed by atoms with van der Waals surface area (Å²) in [5.74, 6) is 1.67. The molecule has 1 aliphatic rings. The maximum atomic E-state index is 10.3. The van der Waals surface area contributed by atoms with Gasteiger partial charge in [-0.05, 0) is 30.3 Å². The standard InChI is InChI=1S/C20H25BrN2O3/c1-25-20-8-3-2-7-19(20)23-11-9-22(10-12-23)14-17(24)15-26-18-6-4-5-16(21)13-18/h2-8,13,17,24H,9-12,14-15H2,1H3. The van der Waals surface area contributed by atoms with Gasteiger partial charge in [0.2, 0.25) is 0 Å². The number of ether oxygens (including phenoxy) is 2. The number of aliphatic hydroxyl groups excluding tert-OH is 1. The van der Waals surface area contributed by atoms with E-state index >= 15 is 0 Å². The Morgan fingerprint density at radius 2 is 1.85 bits per heavy atom. The van der Waals surface area contributed by atoms with E-state index in [2.05, 4.69) is 31.8 Å². The van der Waals surface area contributed by atoms with Gasteiger partial charge < -0.3 is 19.5 Å². The zero-order valence-corrected chi connectivity index (χ0v) is 16.6. The second-order valence-electron chi connectivity index (χ2n) is 6.38. The highest BCUT2D eigenvalue weighted by Gasteiger charge is 2.21. The van der Waals surface area contributed by atoms with Crippen LogP contribution >= 0.6 is 15.9 Å². The van der Waals surface area contributed by atoms with Gasteiger partial charge in [0.25, 0.3) is 0 Å². The molecule has 0 bridgehead atoms. The van der Waals surface area contributed by atoms with Gasteiger partial charge in [-0.25, -0.2) is 0 Å². The molecule has 1 fully saturated rings. The molecular weight excluding hydrogens is 396 g/mol. The molecule has 2 aromatic carbocycles.